The van der Waals surface area contributed by atoms with Crippen molar-refractivity contribution in [3.8, 4) is 11.3 Å². The molecule has 0 aliphatic carbocycles. The summed E-state index contributed by atoms with van der Waals surface area (Å²) in [5, 5.41) is 13.7. The second-order valence-electron chi connectivity index (χ2n) is 7.39. The van der Waals surface area contributed by atoms with E-state index in [9.17, 15) is 14.3 Å². The Bertz CT molecular complexity index is 1120. The number of pyridine rings is 1. The molecular weight excluding hydrogens is 423 g/mol. The smallest absolute Gasteiger partial charge is 0.251 e. The quantitative estimate of drug-likeness (QED) is 0.605. The molecule has 162 valence electrons. The normalized spacial score (nSPS) is 15.6. The van der Waals surface area contributed by atoms with E-state index in [0.29, 0.717) is 36.0 Å². The van der Waals surface area contributed by atoms with Crippen LogP contribution in [-0.4, -0.2) is 38.9 Å². The van der Waals surface area contributed by atoms with Gasteiger partial charge in [-0.2, -0.15) is 0 Å². The average Bonchev–Trinajstić information content (AvgIpc) is 2.78. The molecule has 0 amide bonds. The topological polar surface area (TPSA) is 89.3 Å². The van der Waals surface area contributed by atoms with Crippen molar-refractivity contribution >= 4 is 17.5 Å². The molecule has 2 aromatic heterocycles. The van der Waals surface area contributed by atoms with E-state index in [2.05, 4.69) is 15.3 Å². The zero-order valence-electron chi connectivity index (χ0n) is 16.7. The lowest BCUT2D eigenvalue weighted by molar-refractivity contribution is 0.0903. The minimum atomic E-state index is -1.00. The van der Waals surface area contributed by atoms with Gasteiger partial charge < -0.3 is 19.7 Å². The Morgan fingerprint density at radius 2 is 2.06 bits per heavy atom. The van der Waals surface area contributed by atoms with Crippen molar-refractivity contribution in [2.45, 2.75) is 31.5 Å². The minimum absolute atomic E-state index is 0.0153. The highest BCUT2D eigenvalue weighted by molar-refractivity contribution is 6.30. The number of ether oxygens (including phenoxy) is 1. The number of halogens is 2. The fraction of sp³-hybridized carbons (Fsp3) is 0.318. The third kappa shape index (κ3) is 5.28. The summed E-state index contributed by atoms with van der Waals surface area (Å²) in [6, 6.07) is 9.21. The molecule has 1 aliphatic heterocycles. The number of benzene rings is 1. The molecule has 0 radical (unpaired) electrons. The van der Waals surface area contributed by atoms with Gasteiger partial charge in [0.05, 0.1) is 23.4 Å². The van der Waals surface area contributed by atoms with Gasteiger partial charge in [0.15, 0.2) is 0 Å². The van der Waals surface area contributed by atoms with Gasteiger partial charge in [-0.05, 0) is 42.7 Å². The molecule has 1 saturated heterocycles. The van der Waals surface area contributed by atoms with E-state index >= 15 is 0 Å². The van der Waals surface area contributed by atoms with E-state index in [-0.39, 0.29) is 23.2 Å². The molecule has 1 fully saturated rings. The summed E-state index contributed by atoms with van der Waals surface area (Å²) in [7, 11) is 0. The molecular formula is C22H22ClFN4O3. The van der Waals surface area contributed by atoms with Crippen LogP contribution in [0.2, 0.25) is 5.02 Å². The van der Waals surface area contributed by atoms with Gasteiger partial charge in [-0.1, -0.05) is 17.7 Å². The Morgan fingerprint density at radius 1 is 1.26 bits per heavy atom. The van der Waals surface area contributed by atoms with Gasteiger partial charge in [0.2, 0.25) is 5.95 Å². The average molecular weight is 445 g/mol. The van der Waals surface area contributed by atoms with E-state index in [1.54, 1.807) is 24.5 Å². The largest absolute Gasteiger partial charge is 0.387 e. The van der Waals surface area contributed by atoms with E-state index in [1.165, 1.54) is 28.8 Å². The lowest BCUT2D eigenvalue weighted by Gasteiger charge is -2.23. The molecule has 3 aromatic rings. The molecule has 0 unspecified atom stereocenters. The van der Waals surface area contributed by atoms with Crippen molar-refractivity contribution < 1.29 is 14.2 Å². The van der Waals surface area contributed by atoms with Gasteiger partial charge in [-0.3, -0.25) is 4.79 Å². The van der Waals surface area contributed by atoms with Gasteiger partial charge >= 0.3 is 0 Å². The number of nitrogens with zero attached hydrogens (tertiary/aromatic N) is 3. The summed E-state index contributed by atoms with van der Waals surface area (Å²) in [5.41, 5.74) is 1.42. The lowest BCUT2D eigenvalue weighted by atomic mass is 10.1. The third-order valence-corrected chi connectivity index (χ3v) is 5.49. The van der Waals surface area contributed by atoms with Crippen LogP contribution in [0.3, 0.4) is 0 Å². The summed E-state index contributed by atoms with van der Waals surface area (Å²) < 4.78 is 20.1. The number of aliphatic hydroxyl groups excluding tert-OH is 1. The first-order valence-electron chi connectivity index (χ1n) is 10.0. The standard InChI is InChI=1S/C22H22ClFN4O3/c23-17-11-15(1-2-18(17)24)20(29)13-28-8-4-14(12-21(28)30)19-3-7-25-22(27-19)26-16-5-9-31-10-6-16/h1-4,7-8,11-12,16,20,29H,5-6,9-10,13H2,(H,25,26,27)/t20-/m1/s1. The van der Waals surface area contributed by atoms with E-state index in [4.69, 9.17) is 16.3 Å². The zero-order chi connectivity index (χ0) is 21.8. The lowest BCUT2D eigenvalue weighted by Crippen LogP contribution is -2.28. The second-order valence-corrected chi connectivity index (χ2v) is 7.80. The summed E-state index contributed by atoms with van der Waals surface area (Å²) >= 11 is 5.78. The molecule has 3 heterocycles. The molecule has 9 heteroatoms. The Kier molecular flexibility index (Phi) is 6.60. The number of aromatic nitrogens is 3. The molecule has 1 aromatic carbocycles. The van der Waals surface area contributed by atoms with Crippen LogP contribution in [-0.2, 0) is 11.3 Å². The highest BCUT2D eigenvalue weighted by Crippen LogP contribution is 2.22. The fourth-order valence-electron chi connectivity index (χ4n) is 3.44. The van der Waals surface area contributed by atoms with E-state index < -0.39 is 11.9 Å². The number of anilines is 1. The first-order valence-corrected chi connectivity index (χ1v) is 10.4. The Balaban J connectivity index is 1.48. The maximum Gasteiger partial charge on any atom is 0.251 e. The van der Waals surface area contributed by atoms with E-state index in [1.807, 2.05) is 0 Å². The molecule has 1 aliphatic rings. The van der Waals surface area contributed by atoms with Gasteiger partial charge in [-0.25, -0.2) is 14.4 Å². The van der Waals surface area contributed by atoms with Crippen molar-refractivity contribution in [1.82, 2.24) is 14.5 Å². The molecule has 4 rings (SSSR count). The molecule has 0 bridgehead atoms. The Morgan fingerprint density at radius 3 is 2.81 bits per heavy atom. The number of hydrogen-bond acceptors (Lipinski definition) is 6. The fourth-order valence-corrected chi connectivity index (χ4v) is 3.63. The number of hydrogen-bond donors (Lipinski definition) is 2. The third-order valence-electron chi connectivity index (χ3n) is 5.20. The van der Waals surface area contributed by atoms with Gasteiger partial charge in [-0.15, -0.1) is 0 Å². The Hall–Kier alpha value is -2.81. The van der Waals surface area contributed by atoms with Crippen molar-refractivity contribution in [2.24, 2.45) is 0 Å². The van der Waals surface area contributed by atoms with Crippen molar-refractivity contribution in [1.29, 1.82) is 0 Å². The van der Waals surface area contributed by atoms with Crippen LogP contribution in [0.1, 0.15) is 24.5 Å². The maximum atomic E-state index is 13.3. The minimum Gasteiger partial charge on any atom is -0.387 e. The van der Waals surface area contributed by atoms with Crippen molar-refractivity contribution in [2.75, 3.05) is 18.5 Å². The van der Waals surface area contributed by atoms with E-state index in [0.717, 1.165) is 12.8 Å². The summed E-state index contributed by atoms with van der Waals surface area (Å²) in [6.45, 7) is 1.44. The molecule has 0 spiro atoms. The molecule has 31 heavy (non-hydrogen) atoms. The predicted molar refractivity (Wildman–Crippen MR) is 116 cm³/mol. The number of rotatable bonds is 6. The van der Waals surface area contributed by atoms with Crippen LogP contribution in [0.25, 0.3) is 11.3 Å². The SMILES string of the molecule is O=c1cc(-c2ccnc(NC3CCOCC3)n2)ccn1C[C@@H](O)c1ccc(F)c(Cl)c1. The molecule has 7 nitrogen and oxygen atoms in total. The summed E-state index contributed by atoms with van der Waals surface area (Å²) in [6.07, 6.45) is 4.03. The van der Waals surface area contributed by atoms with Gasteiger partial charge in [0.25, 0.3) is 5.56 Å². The highest BCUT2D eigenvalue weighted by atomic mass is 35.5. The molecule has 0 saturated carbocycles. The monoisotopic (exact) mass is 444 g/mol. The zero-order valence-corrected chi connectivity index (χ0v) is 17.4. The Labute approximate surface area is 183 Å². The number of nitrogens with one attached hydrogen (secondary N) is 1. The molecule has 2 N–H and O–H groups in total. The summed E-state index contributed by atoms with van der Waals surface area (Å²) in [4.78, 5) is 21.4. The van der Waals surface area contributed by atoms with Gasteiger partial charge in [0, 0.05) is 43.3 Å². The predicted octanol–water partition coefficient (Wildman–Crippen LogP) is 3.42. The second kappa shape index (κ2) is 9.55. The van der Waals surface area contributed by atoms with Crippen LogP contribution < -0.4 is 10.9 Å². The highest BCUT2D eigenvalue weighted by Gasteiger charge is 2.15. The first-order chi connectivity index (χ1) is 15.0. The first kappa shape index (κ1) is 21.4. The van der Waals surface area contributed by atoms with Crippen LogP contribution in [0.5, 0.6) is 0 Å². The van der Waals surface area contributed by atoms with Crippen LogP contribution in [0.15, 0.2) is 53.6 Å². The molecule has 1 atom stereocenters. The van der Waals surface area contributed by atoms with Crippen LogP contribution >= 0.6 is 11.6 Å². The van der Waals surface area contributed by atoms with Crippen molar-refractivity contribution in [3.63, 3.8) is 0 Å². The van der Waals surface area contributed by atoms with Crippen LogP contribution in [0.4, 0.5) is 10.3 Å². The summed E-state index contributed by atoms with van der Waals surface area (Å²) in [5.74, 6) is -0.0492. The van der Waals surface area contributed by atoms with Crippen molar-refractivity contribution in [3.05, 3.63) is 75.5 Å². The van der Waals surface area contributed by atoms with Crippen LogP contribution in [0, 0.1) is 5.82 Å². The maximum absolute atomic E-state index is 13.3. The van der Waals surface area contributed by atoms with Gasteiger partial charge in [0.1, 0.15) is 5.82 Å². The number of aliphatic hydroxyl groups is 1.